The van der Waals surface area contributed by atoms with Crippen LogP contribution in [0.3, 0.4) is 0 Å². The van der Waals surface area contributed by atoms with E-state index in [4.69, 9.17) is 4.74 Å². The lowest BCUT2D eigenvalue weighted by Gasteiger charge is -2.14. The SMILES string of the molecule is CCCCCCOc1c(C(C)O)cc(Br)cc1[N+](=O)[O-]. The summed E-state index contributed by atoms with van der Waals surface area (Å²) in [6.45, 7) is 4.10. The number of halogens is 1. The van der Waals surface area contributed by atoms with E-state index < -0.39 is 11.0 Å². The first kappa shape index (κ1) is 16.9. The van der Waals surface area contributed by atoms with Crippen LogP contribution in [-0.4, -0.2) is 16.6 Å². The van der Waals surface area contributed by atoms with Crippen molar-refractivity contribution >= 4 is 21.6 Å². The van der Waals surface area contributed by atoms with Crippen LogP contribution >= 0.6 is 15.9 Å². The zero-order valence-electron chi connectivity index (χ0n) is 11.8. The number of hydrogen-bond acceptors (Lipinski definition) is 4. The summed E-state index contributed by atoms with van der Waals surface area (Å²) in [5, 5.41) is 20.9. The first-order valence-corrected chi connectivity index (χ1v) is 7.55. The van der Waals surface area contributed by atoms with Gasteiger partial charge in [-0.15, -0.1) is 0 Å². The highest BCUT2D eigenvalue weighted by atomic mass is 79.9. The fourth-order valence-electron chi connectivity index (χ4n) is 1.91. The molecule has 0 aliphatic heterocycles. The largest absolute Gasteiger partial charge is 0.487 e. The van der Waals surface area contributed by atoms with Crippen LogP contribution < -0.4 is 4.74 Å². The summed E-state index contributed by atoms with van der Waals surface area (Å²) >= 11 is 3.22. The topological polar surface area (TPSA) is 72.6 Å². The van der Waals surface area contributed by atoms with Crippen molar-refractivity contribution in [3.05, 3.63) is 32.3 Å². The van der Waals surface area contributed by atoms with Crippen molar-refractivity contribution in [2.75, 3.05) is 6.61 Å². The smallest absolute Gasteiger partial charge is 0.312 e. The summed E-state index contributed by atoms with van der Waals surface area (Å²) in [6, 6.07) is 3.05. The van der Waals surface area contributed by atoms with Crippen molar-refractivity contribution in [2.24, 2.45) is 0 Å². The molecule has 0 aliphatic carbocycles. The Bertz CT molecular complexity index is 463. The first-order chi connectivity index (χ1) is 9.47. The third-order valence-corrected chi connectivity index (χ3v) is 3.41. The average molecular weight is 346 g/mol. The van der Waals surface area contributed by atoms with Crippen LogP contribution in [0.1, 0.15) is 51.2 Å². The summed E-state index contributed by atoms with van der Waals surface area (Å²) in [5.41, 5.74) is 0.312. The van der Waals surface area contributed by atoms with Crippen LogP contribution in [0.15, 0.2) is 16.6 Å². The molecule has 1 unspecified atom stereocenters. The monoisotopic (exact) mass is 345 g/mol. The van der Waals surface area contributed by atoms with Gasteiger partial charge in [0.2, 0.25) is 5.75 Å². The lowest BCUT2D eigenvalue weighted by molar-refractivity contribution is -0.386. The highest BCUT2D eigenvalue weighted by Crippen LogP contribution is 2.37. The van der Waals surface area contributed by atoms with Crippen LogP contribution in [0.5, 0.6) is 5.75 Å². The van der Waals surface area contributed by atoms with E-state index in [1.807, 2.05) is 0 Å². The summed E-state index contributed by atoms with van der Waals surface area (Å²) in [7, 11) is 0. The van der Waals surface area contributed by atoms with Crippen molar-refractivity contribution in [3.63, 3.8) is 0 Å². The van der Waals surface area contributed by atoms with Crippen LogP contribution in [0.4, 0.5) is 5.69 Å². The molecule has 0 aliphatic rings. The third-order valence-electron chi connectivity index (χ3n) is 2.95. The number of nitro benzene ring substituents is 1. The van der Waals surface area contributed by atoms with Gasteiger partial charge in [0, 0.05) is 16.1 Å². The van der Waals surface area contributed by atoms with Crippen molar-refractivity contribution < 1.29 is 14.8 Å². The minimum absolute atomic E-state index is 0.120. The fourth-order valence-corrected chi connectivity index (χ4v) is 2.37. The Morgan fingerprint density at radius 3 is 2.65 bits per heavy atom. The number of benzene rings is 1. The van der Waals surface area contributed by atoms with E-state index in [-0.39, 0.29) is 11.4 Å². The molecule has 0 amide bonds. The second-order valence-corrected chi connectivity index (χ2v) is 5.60. The molecule has 1 N–H and O–H groups in total. The second-order valence-electron chi connectivity index (χ2n) is 4.69. The maximum atomic E-state index is 11.1. The van der Waals surface area contributed by atoms with Crippen molar-refractivity contribution in [2.45, 2.75) is 45.6 Å². The average Bonchev–Trinajstić information content (AvgIpc) is 2.38. The number of nitrogens with zero attached hydrogens (tertiary/aromatic N) is 1. The van der Waals surface area contributed by atoms with Crippen LogP contribution in [0.2, 0.25) is 0 Å². The Morgan fingerprint density at radius 1 is 1.40 bits per heavy atom. The minimum Gasteiger partial charge on any atom is -0.487 e. The predicted molar refractivity (Wildman–Crippen MR) is 81.1 cm³/mol. The zero-order valence-corrected chi connectivity index (χ0v) is 13.4. The maximum Gasteiger partial charge on any atom is 0.312 e. The summed E-state index contributed by atoms with van der Waals surface area (Å²) in [5.74, 6) is 0.171. The van der Waals surface area contributed by atoms with E-state index in [1.165, 1.54) is 6.07 Å². The molecule has 0 radical (unpaired) electrons. The molecule has 0 spiro atoms. The zero-order chi connectivity index (χ0) is 15.1. The normalized spacial score (nSPS) is 12.2. The van der Waals surface area contributed by atoms with E-state index in [2.05, 4.69) is 22.9 Å². The molecule has 1 rings (SSSR count). The standard InChI is InChI=1S/C14H20BrNO4/c1-3-4-5-6-7-20-14-12(10(2)17)8-11(15)9-13(14)16(18)19/h8-10,17H,3-7H2,1-2H3. The van der Waals surface area contributed by atoms with Gasteiger partial charge in [0.25, 0.3) is 0 Å². The molecule has 0 fully saturated rings. The quantitative estimate of drug-likeness (QED) is 0.431. The van der Waals surface area contributed by atoms with Gasteiger partial charge in [-0.3, -0.25) is 10.1 Å². The van der Waals surface area contributed by atoms with E-state index in [0.29, 0.717) is 16.6 Å². The van der Waals surface area contributed by atoms with Crippen LogP contribution in [0, 0.1) is 10.1 Å². The number of aliphatic hydroxyl groups is 1. The summed E-state index contributed by atoms with van der Waals surface area (Å²) < 4.78 is 6.12. The van der Waals surface area contributed by atoms with Gasteiger partial charge in [-0.05, 0) is 19.4 Å². The molecule has 5 nitrogen and oxygen atoms in total. The van der Waals surface area contributed by atoms with Crippen molar-refractivity contribution in [3.8, 4) is 5.75 Å². The molecule has 0 saturated carbocycles. The Kier molecular flexibility index (Phi) is 6.95. The molecule has 0 heterocycles. The summed E-state index contributed by atoms with van der Waals surface area (Å²) in [4.78, 5) is 10.6. The second kappa shape index (κ2) is 8.21. The third kappa shape index (κ3) is 4.76. The molecule has 20 heavy (non-hydrogen) atoms. The van der Waals surface area contributed by atoms with Crippen molar-refractivity contribution in [1.29, 1.82) is 0 Å². The van der Waals surface area contributed by atoms with Gasteiger partial charge in [0.1, 0.15) is 0 Å². The maximum absolute atomic E-state index is 11.1. The highest BCUT2D eigenvalue weighted by Gasteiger charge is 2.23. The minimum atomic E-state index is -0.822. The van der Waals surface area contributed by atoms with Gasteiger partial charge in [0.05, 0.1) is 17.6 Å². The van der Waals surface area contributed by atoms with E-state index in [1.54, 1.807) is 13.0 Å². The number of ether oxygens (including phenoxy) is 1. The number of hydrogen-bond donors (Lipinski definition) is 1. The Hall–Kier alpha value is -1.14. The van der Waals surface area contributed by atoms with Gasteiger partial charge < -0.3 is 9.84 Å². The lowest BCUT2D eigenvalue weighted by atomic mass is 10.1. The Balaban J connectivity index is 2.92. The molecule has 6 heteroatoms. The molecule has 0 saturated heterocycles. The molecule has 1 atom stereocenters. The number of rotatable bonds is 8. The molecule has 112 valence electrons. The number of unbranched alkanes of at least 4 members (excludes halogenated alkanes) is 3. The Labute approximate surface area is 127 Å². The number of nitro groups is 1. The van der Waals surface area contributed by atoms with Crippen LogP contribution in [-0.2, 0) is 0 Å². The predicted octanol–water partition coefficient (Wildman–Crippen LogP) is 4.37. The molecule has 0 bridgehead atoms. The van der Waals surface area contributed by atoms with Crippen LogP contribution in [0.25, 0.3) is 0 Å². The number of aliphatic hydroxyl groups excluding tert-OH is 1. The van der Waals surface area contributed by atoms with E-state index in [0.717, 1.165) is 25.7 Å². The van der Waals surface area contributed by atoms with Gasteiger partial charge >= 0.3 is 5.69 Å². The summed E-state index contributed by atoms with van der Waals surface area (Å²) in [6.07, 6.45) is 3.30. The van der Waals surface area contributed by atoms with Crippen molar-refractivity contribution in [1.82, 2.24) is 0 Å². The molecule has 1 aromatic rings. The van der Waals surface area contributed by atoms with E-state index in [9.17, 15) is 15.2 Å². The molecular weight excluding hydrogens is 326 g/mol. The van der Waals surface area contributed by atoms with E-state index >= 15 is 0 Å². The Morgan fingerprint density at radius 2 is 2.10 bits per heavy atom. The molecule has 0 aromatic heterocycles. The first-order valence-electron chi connectivity index (χ1n) is 6.76. The van der Waals surface area contributed by atoms with Gasteiger partial charge in [-0.25, -0.2) is 0 Å². The molecular formula is C14H20BrNO4. The fraction of sp³-hybridized carbons (Fsp3) is 0.571. The molecule has 1 aromatic carbocycles. The highest BCUT2D eigenvalue weighted by molar-refractivity contribution is 9.10. The van der Waals surface area contributed by atoms with Gasteiger partial charge in [-0.1, -0.05) is 42.1 Å². The van der Waals surface area contributed by atoms with Gasteiger partial charge in [0.15, 0.2) is 0 Å². The van der Waals surface area contributed by atoms with Gasteiger partial charge in [-0.2, -0.15) is 0 Å². The lowest BCUT2D eigenvalue weighted by Crippen LogP contribution is -2.05.